The largest absolute Gasteiger partial charge is 0.286 e. The first-order chi connectivity index (χ1) is 14.0. The SMILES string of the molecule is Cc1ccc(C)c(N=C2SCCCN2C(=O)c2nn(C)c(=O)c3ccccc23)c1. The number of hydrogen-bond acceptors (Lipinski definition) is 5. The Morgan fingerprint density at radius 3 is 2.69 bits per heavy atom. The van der Waals surface area contributed by atoms with Crippen LogP contribution in [0, 0.1) is 13.8 Å². The Morgan fingerprint density at radius 2 is 1.90 bits per heavy atom. The van der Waals surface area contributed by atoms with Gasteiger partial charge in [0, 0.05) is 24.7 Å². The third-order valence-corrected chi connectivity index (χ3v) is 6.04. The molecule has 1 amide bonds. The molecule has 0 saturated carbocycles. The Morgan fingerprint density at radius 1 is 1.14 bits per heavy atom. The van der Waals surface area contributed by atoms with E-state index in [0.717, 1.165) is 29.0 Å². The molecule has 1 aliphatic heterocycles. The van der Waals surface area contributed by atoms with Crippen molar-refractivity contribution in [3.05, 3.63) is 69.6 Å². The molecule has 6 nitrogen and oxygen atoms in total. The van der Waals surface area contributed by atoms with Gasteiger partial charge in [0.25, 0.3) is 11.5 Å². The summed E-state index contributed by atoms with van der Waals surface area (Å²) >= 11 is 1.58. The van der Waals surface area contributed by atoms with Crippen LogP contribution >= 0.6 is 11.8 Å². The number of hydrogen-bond donors (Lipinski definition) is 0. The molecule has 29 heavy (non-hydrogen) atoms. The zero-order valence-corrected chi connectivity index (χ0v) is 17.5. The zero-order chi connectivity index (χ0) is 20.5. The Kier molecular flexibility index (Phi) is 5.24. The minimum atomic E-state index is -0.229. The number of thioether (sulfide) groups is 1. The zero-order valence-electron chi connectivity index (χ0n) is 16.7. The van der Waals surface area contributed by atoms with Gasteiger partial charge in [0.1, 0.15) is 0 Å². The molecule has 4 rings (SSSR count). The molecule has 148 valence electrons. The van der Waals surface area contributed by atoms with Crippen LogP contribution in [0.5, 0.6) is 0 Å². The van der Waals surface area contributed by atoms with Gasteiger partial charge in [-0.1, -0.05) is 42.1 Å². The van der Waals surface area contributed by atoms with Gasteiger partial charge in [-0.3, -0.25) is 14.5 Å². The first-order valence-corrected chi connectivity index (χ1v) is 10.5. The fourth-order valence-corrected chi connectivity index (χ4v) is 4.32. The van der Waals surface area contributed by atoms with E-state index in [1.54, 1.807) is 41.9 Å². The number of aryl methyl sites for hydroxylation is 3. The van der Waals surface area contributed by atoms with Crippen LogP contribution in [-0.2, 0) is 7.05 Å². The second-order valence-corrected chi connectivity index (χ2v) is 8.23. The maximum Gasteiger partial charge on any atom is 0.280 e. The van der Waals surface area contributed by atoms with Crippen LogP contribution < -0.4 is 5.56 Å². The van der Waals surface area contributed by atoms with Crippen molar-refractivity contribution in [1.29, 1.82) is 0 Å². The number of amides is 1. The average Bonchev–Trinajstić information content (AvgIpc) is 2.73. The van der Waals surface area contributed by atoms with E-state index in [0.29, 0.717) is 22.5 Å². The summed E-state index contributed by atoms with van der Waals surface area (Å²) in [5.41, 5.74) is 3.12. The molecule has 0 atom stereocenters. The smallest absolute Gasteiger partial charge is 0.280 e. The van der Waals surface area contributed by atoms with E-state index in [2.05, 4.69) is 11.2 Å². The Labute approximate surface area is 173 Å². The van der Waals surface area contributed by atoms with Crippen molar-refractivity contribution in [3.63, 3.8) is 0 Å². The van der Waals surface area contributed by atoms with E-state index < -0.39 is 0 Å². The first kappa shape index (κ1) is 19.4. The molecule has 0 unspecified atom stereocenters. The van der Waals surface area contributed by atoms with Crippen LogP contribution in [-0.4, -0.2) is 38.1 Å². The van der Waals surface area contributed by atoms with E-state index in [9.17, 15) is 9.59 Å². The minimum absolute atomic E-state index is 0.213. The summed E-state index contributed by atoms with van der Waals surface area (Å²) in [5, 5.41) is 6.04. The predicted molar refractivity (Wildman–Crippen MR) is 118 cm³/mol. The van der Waals surface area contributed by atoms with E-state index >= 15 is 0 Å². The Hall–Kier alpha value is -2.93. The summed E-state index contributed by atoms with van der Waals surface area (Å²) in [6.45, 7) is 4.62. The number of carbonyl (C=O) groups excluding carboxylic acids is 1. The summed E-state index contributed by atoms with van der Waals surface area (Å²) in [7, 11) is 1.57. The molecule has 3 aromatic rings. The van der Waals surface area contributed by atoms with Crippen molar-refractivity contribution >= 4 is 39.3 Å². The van der Waals surface area contributed by atoms with Crippen molar-refractivity contribution in [3.8, 4) is 0 Å². The van der Waals surface area contributed by atoms with Crippen LogP contribution in [0.4, 0.5) is 5.69 Å². The molecule has 0 radical (unpaired) electrons. The molecule has 2 heterocycles. The molecule has 0 aliphatic carbocycles. The van der Waals surface area contributed by atoms with Crippen LogP contribution in [0.25, 0.3) is 10.8 Å². The summed E-state index contributed by atoms with van der Waals surface area (Å²) in [6, 6.07) is 13.2. The van der Waals surface area contributed by atoms with Gasteiger partial charge in [0.15, 0.2) is 10.9 Å². The summed E-state index contributed by atoms with van der Waals surface area (Å²) in [5.74, 6) is 0.683. The monoisotopic (exact) mass is 406 g/mol. The van der Waals surface area contributed by atoms with Crippen LogP contribution in [0.1, 0.15) is 28.0 Å². The highest BCUT2D eigenvalue weighted by Gasteiger charge is 2.28. The van der Waals surface area contributed by atoms with Gasteiger partial charge in [-0.25, -0.2) is 9.67 Å². The molecule has 1 aromatic heterocycles. The molecule has 1 fully saturated rings. The molecular formula is C22H22N4O2S. The lowest BCUT2D eigenvalue weighted by molar-refractivity contribution is 0.0843. The summed E-state index contributed by atoms with van der Waals surface area (Å²) < 4.78 is 1.23. The number of benzene rings is 2. The number of aliphatic imine (C=N–C) groups is 1. The van der Waals surface area contributed by atoms with Crippen molar-refractivity contribution in [2.75, 3.05) is 12.3 Å². The second-order valence-electron chi connectivity index (χ2n) is 7.17. The molecule has 1 saturated heterocycles. The number of rotatable bonds is 2. The van der Waals surface area contributed by atoms with Gasteiger partial charge in [0.2, 0.25) is 0 Å². The Balaban J connectivity index is 1.81. The quantitative estimate of drug-likeness (QED) is 0.649. The molecule has 0 spiro atoms. The van der Waals surface area contributed by atoms with Gasteiger partial charge >= 0.3 is 0 Å². The molecule has 0 bridgehead atoms. The number of fused-ring (bicyclic) bond motifs is 1. The van der Waals surface area contributed by atoms with Gasteiger partial charge < -0.3 is 0 Å². The molecule has 0 N–H and O–H groups in total. The Bertz CT molecular complexity index is 1200. The highest BCUT2D eigenvalue weighted by Crippen LogP contribution is 2.27. The van der Waals surface area contributed by atoms with E-state index in [4.69, 9.17) is 4.99 Å². The van der Waals surface area contributed by atoms with E-state index in [1.807, 2.05) is 32.0 Å². The number of aromatic nitrogens is 2. The third-order valence-electron chi connectivity index (χ3n) is 4.97. The van der Waals surface area contributed by atoms with Crippen molar-refractivity contribution in [2.24, 2.45) is 12.0 Å². The molecular weight excluding hydrogens is 384 g/mol. The average molecular weight is 407 g/mol. The fourth-order valence-electron chi connectivity index (χ4n) is 3.37. The van der Waals surface area contributed by atoms with E-state index in [-0.39, 0.29) is 17.2 Å². The fraction of sp³-hybridized carbons (Fsp3) is 0.273. The normalized spacial score (nSPS) is 15.8. The maximum absolute atomic E-state index is 13.5. The van der Waals surface area contributed by atoms with Gasteiger partial charge in [-0.05, 0) is 43.5 Å². The van der Waals surface area contributed by atoms with E-state index in [1.165, 1.54) is 4.68 Å². The number of amidine groups is 1. The topological polar surface area (TPSA) is 67.6 Å². The lowest BCUT2D eigenvalue weighted by Gasteiger charge is -2.28. The lowest BCUT2D eigenvalue weighted by atomic mass is 10.1. The molecule has 2 aromatic carbocycles. The van der Waals surface area contributed by atoms with Crippen LogP contribution in [0.2, 0.25) is 0 Å². The molecule has 7 heteroatoms. The second kappa shape index (κ2) is 7.83. The molecule has 1 aliphatic rings. The summed E-state index contributed by atoms with van der Waals surface area (Å²) in [4.78, 5) is 32.4. The predicted octanol–water partition coefficient (Wildman–Crippen LogP) is 3.82. The highest BCUT2D eigenvalue weighted by atomic mass is 32.2. The van der Waals surface area contributed by atoms with Gasteiger partial charge in [0.05, 0.1) is 11.1 Å². The van der Waals surface area contributed by atoms with Gasteiger partial charge in [-0.2, -0.15) is 5.10 Å². The lowest BCUT2D eigenvalue weighted by Crippen LogP contribution is -2.40. The minimum Gasteiger partial charge on any atom is -0.286 e. The van der Waals surface area contributed by atoms with Crippen molar-refractivity contribution < 1.29 is 4.79 Å². The van der Waals surface area contributed by atoms with Gasteiger partial charge in [-0.15, -0.1) is 0 Å². The third kappa shape index (κ3) is 3.70. The van der Waals surface area contributed by atoms with Crippen LogP contribution in [0.15, 0.2) is 52.3 Å². The first-order valence-electron chi connectivity index (χ1n) is 9.52. The van der Waals surface area contributed by atoms with Crippen molar-refractivity contribution in [2.45, 2.75) is 20.3 Å². The number of nitrogens with zero attached hydrogens (tertiary/aromatic N) is 4. The van der Waals surface area contributed by atoms with Crippen LogP contribution in [0.3, 0.4) is 0 Å². The van der Waals surface area contributed by atoms with Crippen molar-refractivity contribution in [1.82, 2.24) is 14.7 Å². The maximum atomic E-state index is 13.5. The highest BCUT2D eigenvalue weighted by molar-refractivity contribution is 8.13. The standard InChI is InChI=1S/C22H22N4O2S/c1-14-9-10-15(2)18(13-14)23-22-26(11-6-12-29-22)21(28)19-16-7-4-5-8-17(16)20(27)25(3)24-19/h4-5,7-10,13H,6,11-12H2,1-3H3. The number of carbonyl (C=O) groups is 1. The summed E-state index contributed by atoms with van der Waals surface area (Å²) in [6.07, 6.45) is 0.881.